The van der Waals surface area contributed by atoms with Crippen molar-refractivity contribution in [3.8, 4) is 0 Å². The van der Waals surface area contributed by atoms with E-state index in [-0.39, 0.29) is 12.3 Å². The van der Waals surface area contributed by atoms with Crippen LogP contribution in [0.4, 0.5) is 11.8 Å². The highest BCUT2D eigenvalue weighted by molar-refractivity contribution is 5.67. The van der Waals surface area contributed by atoms with Crippen LogP contribution in [0.15, 0.2) is 6.07 Å². The molecule has 3 heterocycles. The molecule has 2 N–H and O–H groups in total. The van der Waals surface area contributed by atoms with Crippen molar-refractivity contribution in [2.24, 2.45) is 5.92 Å². The fourth-order valence-corrected chi connectivity index (χ4v) is 3.30. The van der Waals surface area contributed by atoms with E-state index >= 15 is 0 Å². The Balaban J connectivity index is 1.82. The number of hydrogen-bond acceptors (Lipinski definition) is 7. The summed E-state index contributed by atoms with van der Waals surface area (Å²) in [6, 6.07) is 2.03. The number of ether oxygens (including phenoxy) is 1. The topological polar surface area (TPSA) is 90.8 Å². The summed E-state index contributed by atoms with van der Waals surface area (Å²) in [5, 5.41) is 12.5. The fourth-order valence-electron chi connectivity index (χ4n) is 3.30. The smallest absolute Gasteiger partial charge is 0.303 e. The lowest BCUT2D eigenvalue weighted by molar-refractivity contribution is -0.137. The maximum absolute atomic E-state index is 11.1. The second-order valence-electron chi connectivity index (χ2n) is 6.58. The van der Waals surface area contributed by atoms with Crippen molar-refractivity contribution < 1.29 is 14.6 Å². The Morgan fingerprint density at radius 1 is 1.32 bits per heavy atom. The summed E-state index contributed by atoms with van der Waals surface area (Å²) in [7, 11) is 0. The van der Waals surface area contributed by atoms with Gasteiger partial charge in [0.05, 0.1) is 19.6 Å². The first-order valence-corrected chi connectivity index (χ1v) is 9.04. The minimum atomic E-state index is -0.750. The maximum atomic E-state index is 11.1. The molecule has 1 aromatic rings. The molecule has 0 aromatic carbocycles. The molecule has 0 radical (unpaired) electrons. The molecule has 0 saturated carbocycles. The Morgan fingerprint density at radius 2 is 2.12 bits per heavy atom. The molecule has 1 aromatic heterocycles. The second-order valence-corrected chi connectivity index (χ2v) is 6.58. The van der Waals surface area contributed by atoms with Gasteiger partial charge in [0, 0.05) is 51.0 Å². The Morgan fingerprint density at radius 3 is 2.84 bits per heavy atom. The number of aromatic nitrogens is 2. The average Bonchev–Trinajstić information content (AvgIpc) is 2.87. The highest BCUT2D eigenvalue weighted by Crippen LogP contribution is 2.21. The summed E-state index contributed by atoms with van der Waals surface area (Å²) in [5.74, 6) is 0.976. The Bertz CT molecular complexity index is 592. The van der Waals surface area contributed by atoms with Gasteiger partial charge in [-0.15, -0.1) is 0 Å². The first-order valence-electron chi connectivity index (χ1n) is 9.04. The van der Waals surface area contributed by atoms with Gasteiger partial charge in [-0.05, 0) is 12.3 Å². The molecular weight excluding hydrogens is 322 g/mol. The van der Waals surface area contributed by atoms with Crippen molar-refractivity contribution in [3.05, 3.63) is 11.8 Å². The van der Waals surface area contributed by atoms with Crippen LogP contribution in [0, 0.1) is 5.92 Å². The number of carboxylic acid groups (broad SMARTS) is 1. The number of morpholine rings is 1. The van der Waals surface area contributed by atoms with E-state index in [1.807, 2.05) is 6.07 Å². The Labute approximate surface area is 148 Å². The minimum Gasteiger partial charge on any atom is -0.481 e. The molecule has 0 unspecified atom stereocenters. The quantitative estimate of drug-likeness (QED) is 0.788. The molecule has 2 saturated heterocycles. The van der Waals surface area contributed by atoms with Crippen molar-refractivity contribution in [2.75, 3.05) is 62.3 Å². The van der Waals surface area contributed by atoms with Crippen LogP contribution in [0.1, 0.15) is 19.0 Å². The van der Waals surface area contributed by atoms with Gasteiger partial charge in [0.25, 0.3) is 0 Å². The summed E-state index contributed by atoms with van der Waals surface area (Å²) in [4.78, 5) is 24.9. The average molecular weight is 349 g/mol. The largest absolute Gasteiger partial charge is 0.481 e. The van der Waals surface area contributed by atoms with E-state index in [2.05, 4.69) is 27.0 Å². The predicted molar refractivity (Wildman–Crippen MR) is 95.3 cm³/mol. The zero-order valence-corrected chi connectivity index (χ0v) is 14.8. The van der Waals surface area contributed by atoms with Crippen LogP contribution in [0.2, 0.25) is 0 Å². The highest BCUT2D eigenvalue weighted by atomic mass is 16.5. The Hall–Kier alpha value is -1.93. The molecule has 2 aliphatic rings. The van der Waals surface area contributed by atoms with Gasteiger partial charge in [-0.1, -0.05) is 6.92 Å². The van der Waals surface area contributed by atoms with E-state index in [1.54, 1.807) is 0 Å². The van der Waals surface area contributed by atoms with Crippen LogP contribution in [0.3, 0.4) is 0 Å². The van der Waals surface area contributed by atoms with Gasteiger partial charge >= 0.3 is 5.97 Å². The number of anilines is 2. The molecule has 8 nitrogen and oxygen atoms in total. The van der Waals surface area contributed by atoms with E-state index in [4.69, 9.17) is 14.8 Å². The number of nitrogens with one attached hydrogen (secondary N) is 1. The van der Waals surface area contributed by atoms with Crippen LogP contribution in [-0.4, -0.2) is 73.5 Å². The molecule has 0 spiro atoms. The van der Waals surface area contributed by atoms with Crippen molar-refractivity contribution in [3.63, 3.8) is 0 Å². The number of hydrogen-bond donors (Lipinski definition) is 2. The normalized spacial score (nSPS) is 21.9. The highest BCUT2D eigenvalue weighted by Gasteiger charge is 2.23. The number of carbonyl (C=O) groups is 1. The van der Waals surface area contributed by atoms with Crippen molar-refractivity contribution in [1.82, 2.24) is 15.3 Å². The zero-order chi connectivity index (χ0) is 17.6. The van der Waals surface area contributed by atoms with E-state index in [1.165, 1.54) is 0 Å². The van der Waals surface area contributed by atoms with Crippen molar-refractivity contribution in [2.45, 2.75) is 19.8 Å². The third-order valence-corrected chi connectivity index (χ3v) is 4.67. The molecule has 25 heavy (non-hydrogen) atoms. The molecule has 138 valence electrons. The summed E-state index contributed by atoms with van der Waals surface area (Å²) in [6.45, 7) is 8.16. The monoisotopic (exact) mass is 349 g/mol. The van der Waals surface area contributed by atoms with Crippen molar-refractivity contribution >= 4 is 17.7 Å². The fraction of sp³-hybridized carbons (Fsp3) is 0.706. The number of carboxylic acids is 1. The van der Waals surface area contributed by atoms with Crippen LogP contribution in [0.25, 0.3) is 0 Å². The van der Waals surface area contributed by atoms with E-state index in [0.29, 0.717) is 19.8 Å². The number of nitrogens with zero attached hydrogens (tertiary/aromatic N) is 4. The molecule has 0 bridgehead atoms. The lowest BCUT2D eigenvalue weighted by atomic mass is 10.1. The van der Waals surface area contributed by atoms with Gasteiger partial charge in [0.15, 0.2) is 0 Å². The minimum absolute atomic E-state index is 0.0758. The van der Waals surface area contributed by atoms with Crippen LogP contribution in [0.5, 0.6) is 0 Å². The SMILES string of the molecule is CCc1cc(N2CCNC[C@@H](CC(=O)O)C2)nc(N2CCOCC2)n1. The first-order chi connectivity index (χ1) is 12.2. The molecule has 0 aliphatic carbocycles. The molecule has 2 aliphatic heterocycles. The van der Waals surface area contributed by atoms with Gasteiger partial charge in [-0.3, -0.25) is 4.79 Å². The third kappa shape index (κ3) is 4.79. The lowest BCUT2D eigenvalue weighted by Gasteiger charge is -2.29. The molecule has 8 heteroatoms. The van der Waals surface area contributed by atoms with Gasteiger partial charge in [0.2, 0.25) is 5.95 Å². The molecular formula is C17H27N5O3. The summed E-state index contributed by atoms with van der Waals surface area (Å²) >= 11 is 0. The zero-order valence-electron chi connectivity index (χ0n) is 14.8. The second kappa shape index (κ2) is 8.44. The predicted octanol–water partition coefficient (Wildman–Crippen LogP) is 0.376. The van der Waals surface area contributed by atoms with Crippen LogP contribution in [-0.2, 0) is 16.0 Å². The maximum Gasteiger partial charge on any atom is 0.303 e. The molecule has 3 rings (SSSR count). The number of rotatable bonds is 5. The lowest BCUT2D eigenvalue weighted by Crippen LogP contribution is -2.38. The number of aliphatic carboxylic acids is 1. The van der Waals surface area contributed by atoms with Crippen molar-refractivity contribution in [1.29, 1.82) is 0 Å². The molecule has 2 fully saturated rings. The number of aryl methyl sites for hydroxylation is 1. The van der Waals surface area contributed by atoms with Gasteiger partial charge in [-0.2, -0.15) is 4.98 Å². The standard InChI is InChI=1S/C17H27N5O3/c1-2-14-10-15(20-17(19-14)21-5-7-25-8-6-21)22-4-3-18-11-13(12-22)9-16(23)24/h10,13,18H,2-9,11-12H2,1H3,(H,23,24)/t13-/m1/s1. The molecule has 0 amide bonds. The summed E-state index contributed by atoms with van der Waals surface area (Å²) in [6.07, 6.45) is 1.02. The van der Waals surface area contributed by atoms with Gasteiger partial charge < -0.3 is 25.0 Å². The van der Waals surface area contributed by atoms with E-state index < -0.39 is 5.97 Å². The first kappa shape index (κ1) is 17.9. The third-order valence-electron chi connectivity index (χ3n) is 4.67. The van der Waals surface area contributed by atoms with Gasteiger partial charge in [-0.25, -0.2) is 4.98 Å². The van der Waals surface area contributed by atoms with Crippen LogP contribution < -0.4 is 15.1 Å². The van der Waals surface area contributed by atoms with Crippen LogP contribution >= 0.6 is 0 Å². The summed E-state index contributed by atoms with van der Waals surface area (Å²) < 4.78 is 5.42. The van der Waals surface area contributed by atoms with E-state index in [9.17, 15) is 4.79 Å². The van der Waals surface area contributed by atoms with E-state index in [0.717, 1.165) is 56.6 Å². The summed E-state index contributed by atoms with van der Waals surface area (Å²) in [5.41, 5.74) is 1.01. The van der Waals surface area contributed by atoms with Gasteiger partial charge in [0.1, 0.15) is 5.82 Å². The molecule has 1 atom stereocenters. The Kier molecular flexibility index (Phi) is 6.04.